The molecule has 1 heterocycles. The number of nitrogens with one attached hydrogen (secondary N) is 2. The number of benzene rings is 2. The molecular formula is C18H17N5O3S. The zero-order valence-corrected chi connectivity index (χ0v) is 15.2. The fourth-order valence-corrected chi connectivity index (χ4v) is 2.88. The van der Waals surface area contributed by atoms with Crippen LogP contribution >= 0.6 is 0 Å². The number of carbonyl (C=O) groups is 1. The summed E-state index contributed by atoms with van der Waals surface area (Å²) >= 11 is 0. The third-order valence-electron chi connectivity index (χ3n) is 3.60. The number of nitrogens with zero attached hydrogens (tertiary/aromatic N) is 2. The maximum atomic E-state index is 11.3. The molecule has 0 aliphatic rings. The summed E-state index contributed by atoms with van der Waals surface area (Å²) in [5, 5.41) is 10.8. The molecule has 2 aromatic carbocycles. The summed E-state index contributed by atoms with van der Waals surface area (Å²) in [6.07, 6.45) is 1.62. The minimum Gasteiger partial charge on any atom is -0.326 e. The number of sulfonamides is 1. The summed E-state index contributed by atoms with van der Waals surface area (Å²) in [6, 6.07) is 15.0. The second kappa shape index (κ2) is 7.52. The van der Waals surface area contributed by atoms with E-state index in [1.54, 1.807) is 36.5 Å². The van der Waals surface area contributed by atoms with Gasteiger partial charge in [0.1, 0.15) is 0 Å². The number of carbonyl (C=O) groups excluding carboxylic acids is 1. The highest BCUT2D eigenvalue weighted by molar-refractivity contribution is 7.89. The van der Waals surface area contributed by atoms with Crippen molar-refractivity contribution in [3.63, 3.8) is 0 Å². The Morgan fingerprint density at radius 3 is 2.19 bits per heavy atom. The Morgan fingerprint density at radius 2 is 1.59 bits per heavy atom. The molecule has 0 unspecified atom stereocenters. The molecule has 0 saturated heterocycles. The summed E-state index contributed by atoms with van der Waals surface area (Å²) < 4.78 is 22.6. The predicted octanol–water partition coefficient (Wildman–Crippen LogP) is 2.49. The van der Waals surface area contributed by atoms with Gasteiger partial charge in [-0.15, -0.1) is 0 Å². The van der Waals surface area contributed by atoms with E-state index in [4.69, 9.17) is 5.14 Å². The lowest BCUT2D eigenvalue weighted by molar-refractivity contribution is -0.114. The minimum absolute atomic E-state index is 0.0296. The molecule has 3 rings (SSSR count). The minimum atomic E-state index is -3.73. The molecule has 138 valence electrons. The largest absolute Gasteiger partial charge is 0.326 e. The van der Waals surface area contributed by atoms with Crippen molar-refractivity contribution >= 4 is 33.3 Å². The smallest absolute Gasteiger partial charge is 0.238 e. The molecule has 1 amide bonds. The van der Waals surface area contributed by atoms with Crippen molar-refractivity contribution in [2.75, 3.05) is 10.6 Å². The average Bonchev–Trinajstić information content (AvgIpc) is 2.62. The number of rotatable bonds is 5. The highest BCUT2D eigenvalue weighted by atomic mass is 32.2. The Morgan fingerprint density at radius 1 is 0.963 bits per heavy atom. The van der Waals surface area contributed by atoms with Crippen LogP contribution in [0.3, 0.4) is 0 Å². The molecule has 8 nitrogen and oxygen atoms in total. The van der Waals surface area contributed by atoms with Crippen LogP contribution in [0.25, 0.3) is 11.3 Å². The summed E-state index contributed by atoms with van der Waals surface area (Å²) in [6.45, 7) is 1.45. The number of nitrogens with two attached hydrogens (primary N) is 1. The summed E-state index contributed by atoms with van der Waals surface area (Å²) in [5.74, 6) is 0.228. The Kier molecular flexibility index (Phi) is 5.15. The lowest BCUT2D eigenvalue weighted by Gasteiger charge is -2.08. The lowest BCUT2D eigenvalue weighted by Crippen LogP contribution is -2.11. The molecule has 0 atom stereocenters. The quantitative estimate of drug-likeness (QED) is 0.621. The first-order valence-corrected chi connectivity index (χ1v) is 9.47. The van der Waals surface area contributed by atoms with Crippen LogP contribution in [0.1, 0.15) is 6.92 Å². The topological polar surface area (TPSA) is 127 Å². The molecule has 0 fully saturated rings. The summed E-state index contributed by atoms with van der Waals surface area (Å²) in [4.78, 5) is 19.7. The molecule has 0 aliphatic carbocycles. The Hall–Kier alpha value is -3.30. The van der Waals surface area contributed by atoms with E-state index in [1.165, 1.54) is 19.1 Å². The standard InChI is InChI=1S/C18H17N5O3S/c1-12(24)21-14-4-2-13(3-5-14)17-10-11-20-18(23-17)22-15-6-8-16(9-7-15)27(19,25)26/h2-11H,1H3,(H,21,24)(H2,19,25,26)(H,20,22,23). The molecule has 0 aliphatic heterocycles. The normalized spacial score (nSPS) is 11.0. The molecular weight excluding hydrogens is 366 g/mol. The number of hydrogen-bond acceptors (Lipinski definition) is 6. The predicted molar refractivity (Wildman–Crippen MR) is 103 cm³/mol. The van der Waals surface area contributed by atoms with Crippen LogP contribution in [0.4, 0.5) is 17.3 Å². The lowest BCUT2D eigenvalue weighted by atomic mass is 10.1. The average molecular weight is 383 g/mol. The third kappa shape index (κ3) is 4.87. The van der Waals surface area contributed by atoms with E-state index < -0.39 is 10.0 Å². The van der Waals surface area contributed by atoms with Gasteiger partial charge in [0.2, 0.25) is 21.9 Å². The fraction of sp³-hybridized carbons (Fsp3) is 0.0556. The molecule has 1 aromatic heterocycles. The maximum absolute atomic E-state index is 11.3. The van der Waals surface area contributed by atoms with Crippen LogP contribution in [-0.2, 0) is 14.8 Å². The molecule has 3 aromatic rings. The first-order valence-electron chi connectivity index (χ1n) is 7.92. The monoisotopic (exact) mass is 383 g/mol. The second-order valence-electron chi connectivity index (χ2n) is 5.72. The second-order valence-corrected chi connectivity index (χ2v) is 7.28. The van der Waals surface area contributed by atoms with Gasteiger partial charge in [-0.2, -0.15) is 0 Å². The SMILES string of the molecule is CC(=O)Nc1ccc(-c2ccnc(Nc3ccc(S(N)(=O)=O)cc3)n2)cc1. The van der Waals surface area contributed by atoms with Crippen molar-refractivity contribution in [3.05, 3.63) is 60.8 Å². The van der Waals surface area contributed by atoms with Crippen LogP contribution in [0, 0.1) is 0 Å². The highest BCUT2D eigenvalue weighted by Crippen LogP contribution is 2.22. The van der Waals surface area contributed by atoms with E-state index >= 15 is 0 Å². The van der Waals surface area contributed by atoms with Crippen LogP contribution < -0.4 is 15.8 Å². The summed E-state index contributed by atoms with van der Waals surface area (Å²) in [5.41, 5.74) is 2.89. The number of aromatic nitrogens is 2. The van der Waals surface area contributed by atoms with Gasteiger partial charge in [-0.3, -0.25) is 4.79 Å². The molecule has 27 heavy (non-hydrogen) atoms. The van der Waals surface area contributed by atoms with Gasteiger partial charge in [0.25, 0.3) is 0 Å². The van der Waals surface area contributed by atoms with E-state index in [1.807, 2.05) is 12.1 Å². The van der Waals surface area contributed by atoms with Crippen molar-refractivity contribution in [3.8, 4) is 11.3 Å². The summed E-state index contributed by atoms with van der Waals surface area (Å²) in [7, 11) is -3.73. The first kappa shape index (κ1) is 18.5. The van der Waals surface area contributed by atoms with E-state index in [0.29, 0.717) is 23.0 Å². The molecule has 4 N–H and O–H groups in total. The van der Waals surface area contributed by atoms with Gasteiger partial charge in [-0.05, 0) is 42.5 Å². The van der Waals surface area contributed by atoms with Crippen LogP contribution in [0.2, 0.25) is 0 Å². The zero-order chi connectivity index (χ0) is 19.4. The van der Waals surface area contributed by atoms with E-state index in [9.17, 15) is 13.2 Å². The van der Waals surface area contributed by atoms with Gasteiger partial charge in [0, 0.05) is 30.1 Å². The zero-order valence-electron chi connectivity index (χ0n) is 14.4. The molecule has 0 bridgehead atoms. The Bertz CT molecular complexity index is 1060. The van der Waals surface area contributed by atoms with Gasteiger partial charge in [-0.25, -0.2) is 23.5 Å². The number of hydrogen-bond donors (Lipinski definition) is 3. The van der Waals surface area contributed by atoms with Gasteiger partial charge >= 0.3 is 0 Å². The van der Waals surface area contributed by atoms with Crippen molar-refractivity contribution in [1.29, 1.82) is 0 Å². The van der Waals surface area contributed by atoms with Crippen LogP contribution in [0.5, 0.6) is 0 Å². The molecule has 0 radical (unpaired) electrons. The van der Waals surface area contributed by atoms with Crippen LogP contribution in [0.15, 0.2) is 65.7 Å². The van der Waals surface area contributed by atoms with E-state index in [0.717, 1.165) is 5.56 Å². The Balaban J connectivity index is 1.78. The van der Waals surface area contributed by atoms with Crippen molar-refractivity contribution in [2.45, 2.75) is 11.8 Å². The third-order valence-corrected chi connectivity index (χ3v) is 4.52. The highest BCUT2D eigenvalue weighted by Gasteiger charge is 2.08. The number of amides is 1. The van der Waals surface area contributed by atoms with E-state index in [-0.39, 0.29) is 10.8 Å². The molecule has 0 saturated carbocycles. The molecule has 0 spiro atoms. The van der Waals surface area contributed by atoms with Gasteiger partial charge in [0.05, 0.1) is 10.6 Å². The van der Waals surface area contributed by atoms with Gasteiger partial charge < -0.3 is 10.6 Å². The van der Waals surface area contributed by atoms with Crippen LogP contribution in [-0.4, -0.2) is 24.3 Å². The molecule has 9 heteroatoms. The van der Waals surface area contributed by atoms with E-state index in [2.05, 4.69) is 20.6 Å². The van der Waals surface area contributed by atoms with Gasteiger partial charge in [-0.1, -0.05) is 12.1 Å². The van der Waals surface area contributed by atoms with Crippen molar-refractivity contribution < 1.29 is 13.2 Å². The van der Waals surface area contributed by atoms with Crippen molar-refractivity contribution in [1.82, 2.24) is 9.97 Å². The van der Waals surface area contributed by atoms with Crippen molar-refractivity contribution in [2.24, 2.45) is 5.14 Å². The number of anilines is 3. The fourth-order valence-electron chi connectivity index (χ4n) is 2.36. The first-order chi connectivity index (χ1) is 12.8. The Labute approximate surface area is 156 Å². The number of primary sulfonamides is 1. The van der Waals surface area contributed by atoms with Gasteiger partial charge in [0.15, 0.2) is 0 Å². The maximum Gasteiger partial charge on any atom is 0.238 e.